The number of hydrogen-bond donors (Lipinski definition) is 1. The zero-order valence-electron chi connectivity index (χ0n) is 16.0. The Morgan fingerprint density at radius 1 is 1.12 bits per heavy atom. The summed E-state index contributed by atoms with van der Waals surface area (Å²) < 4.78 is 11.1. The minimum Gasteiger partial charge on any atom is -0.489 e. The van der Waals surface area contributed by atoms with Crippen molar-refractivity contribution in [3.05, 3.63) is 29.3 Å². The summed E-state index contributed by atoms with van der Waals surface area (Å²) in [7, 11) is 1.42. The van der Waals surface area contributed by atoms with Crippen molar-refractivity contribution in [1.29, 1.82) is 0 Å². The second-order valence-electron chi connectivity index (χ2n) is 8.67. The van der Waals surface area contributed by atoms with Gasteiger partial charge in [-0.1, -0.05) is 53.7 Å². The highest BCUT2D eigenvalue weighted by Crippen LogP contribution is 2.36. The second kappa shape index (κ2) is 6.75. The van der Waals surface area contributed by atoms with Crippen molar-refractivity contribution in [3.8, 4) is 5.75 Å². The molecule has 0 aromatic heterocycles. The number of methoxy groups -OCH3 is 1. The van der Waals surface area contributed by atoms with Crippen LogP contribution in [0.1, 0.15) is 59.1 Å². The molecule has 1 aromatic carbocycles. The summed E-state index contributed by atoms with van der Waals surface area (Å²) in [4.78, 5) is 11.7. The molecule has 1 aromatic rings. The number of benzene rings is 1. The fourth-order valence-electron chi connectivity index (χ4n) is 2.98. The van der Waals surface area contributed by atoms with Crippen LogP contribution in [0.5, 0.6) is 5.75 Å². The maximum atomic E-state index is 11.7. The van der Waals surface area contributed by atoms with Crippen LogP contribution in [-0.4, -0.2) is 31.8 Å². The second-order valence-corrected chi connectivity index (χ2v) is 8.67. The van der Waals surface area contributed by atoms with E-state index in [0.29, 0.717) is 13.0 Å². The SMILES string of the molecule is COC(=O)C1CC(Oc2ccc(C(C)(C)C)cc2C(C)(C)C)CN1. The van der Waals surface area contributed by atoms with Gasteiger partial charge < -0.3 is 14.8 Å². The molecule has 1 fully saturated rings. The van der Waals surface area contributed by atoms with E-state index in [2.05, 4.69) is 65.1 Å². The Bertz CT molecular complexity index is 596. The Labute approximate surface area is 145 Å². The van der Waals surface area contributed by atoms with Crippen LogP contribution >= 0.6 is 0 Å². The van der Waals surface area contributed by atoms with E-state index < -0.39 is 0 Å². The molecule has 1 heterocycles. The van der Waals surface area contributed by atoms with Gasteiger partial charge in [-0.15, -0.1) is 0 Å². The fraction of sp³-hybridized carbons (Fsp3) is 0.650. The predicted octanol–water partition coefficient (Wildman–Crippen LogP) is 3.56. The number of nitrogens with one attached hydrogen (secondary N) is 1. The molecule has 1 saturated heterocycles. The Morgan fingerprint density at radius 2 is 1.79 bits per heavy atom. The molecule has 0 amide bonds. The molecule has 134 valence electrons. The number of esters is 1. The van der Waals surface area contributed by atoms with Gasteiger partial charge in [0.1, 0.15) is 17.9 Å². The molecule has 0 bridgehead atoms. The average molecular weight is 333 g/mol. The lowest BCUT2D eigenvalue weighted by atomic mass is 9.80. The Kier molecular flexibility index (Phi) is 5.28. The van der Waals surface area contributed by atoms with Gasteiger partial charge in [-0.25, -0.2) is 0 Å². The summed E-state index contributed by atoms with van der Waals surface area (Å²) >= 11 is 0. The van der Waals surface area contributed by atoms with Crippen LogP contribution in [0.3, 0.4) is 0 Å². The largest absolute Gasteiger partial charge is 0.489 e. The van der Waals surface area contributed by atoms with Crippen molar-refractivity contribution in [2.24, 2.45) is 0 Å². The molecule has 4 heteroatoms. The first kappa shape index (κ1) is 18.8. The Balaban J connectivity index is 2.23. The highest BCUT2D eigenvalue weighted by atomic mass is 16.5. The van der Waals surface area contributed by atoms with Crippen LogP contribution in [-0.2, 0) is 20.4 Å². The lowest BCUT2D eigenvalue weighted by molar-refractivity contribution is -0.142. The topological polar surface area (TPSA) is 47.6 Å². The maximum Gasteiger partial charge on any atom is 0.323 e. The summed E-state index contributed by atoms with van der Waals surface area (Å²) in [5, 5.41) is 3.17. The Morgan fingerprint density at radius 3 is 2.33 bits per heavy atom. The third-order valence-corrected chi connectivity index (χ3v) is 4.52. The van der Waals surface area contributed by atoms with Gasteiger partial charge >= 0.3 is 5.97 Å². The van der Waals surface area contributed by atoms with Crippen LogP contribution in [0.2, 0.25) is 0 Å². The molecule has 2 atom stereocenters. The lowest BCUT2D eigenvalue weighted by Crippen LogP contribution is -2.31. The first-order valence-corrected chi connectivity index (χ1v) is 8.65. The lowest BCUT2D eigenvalue weighted by Gasteiger charge is -2.28. The van der Waals surface area contributed by atoms with Crippen molar-refractivity contribution in [2.75, 3.05) is 13.7 Å². The van der Waals surface area contributed by atoms with Gasteiger partial charge in [0.2, 0.25) is 0 Å². The minimum atomic E-state index is -0.271. The highest BCUT2D eigenvalue weighted by Gasteiger charge is 2.32. The van der Waals surface area contributed by atoms with Crippen molar-refractivity contribution in [1.82, 2.24) is 5.32 Å². The summed E-state index contributed by atoms with van der Waals surface area (Å²) in [6, 6.07) is 6.21. The molecule has 4 nitrogen and oxygen atoms in total. The average Bonchev–Trinajstić information content (AvgIpc) is 2.93. The first-order valence-electron chi connectivity index (χ1n) is 8.65. The van der Waals surface area contributed by atoms with Gasteiger partial charge in [0.05, 0.1) is 7.11 Å². The zero-order chi connectivity index (χ0) is 18.1. The number of carbonyl (C=O) groups is 1. The number of rotatable bonds is 3. The summed E-state index contributed by atoms with van der Waals surface area (Å²) in [6.45, 7) is 13.9. The summed E-state index contributed by atoms with van der Waals surface area (Å²) in [5.74, 6) is 0.688. The van der Waals surface area contributed by atoms with Crippen molar-refractivity contribution < 1.29 is 14.3 Å². The van der Waals surface area contributed by atoms with Crippen LogP contribution in [0, 0.1) is 0 Å². The first-order chi connectivity index (χ1) is 11.0. The third kappa shape index (κ3) is 4.29. The van der Waals surface area contributed by atoms with E-state index in [4.69, 9.17) is 9.47 Å². The zero-order valence-corrected chi connectivity index (χ0v) is 16.0. The van der Waals surface area contributed by atoms with E-state index >= 15 is 0 Å². The molecule has 1 aliphatic heterocycles. The van der Waals surface area contributed by atoms with Crippen LogP contribution in [0.4, 0.5) is 0 Å². The molecular weight excluding hydrogens is 302 g/mol. The summed E-state index contributed by atoms with van der Waals surface area (Å²) in [5.41, 5.74) is 2.60. The van der Waals surface area contributed by atoms with E-state index in [1.165, 1.54) is 18.2 Å². The molecule has 24 heavy (non-hydrogen) atoms. The molecule has 0 saturated carbocycles. The molecule has 1 N–H and O–H groups in total. The smallest absolute Gasteiger partial charge is 0.323 e. The standard InChI is InChI=1S/C20H31NO3/c1-19(2,3)13-8-9-17(15(10-13)20(4,5)6)24-14-11-16(21-12-14)18(22)23-7/h8-10,14,16,21H,11-12H2,1-7H3. The van der Waals surface area contributed by atoms with Gasteiger partial charge in [-0.2, -0.15) is 0 Å². The highest BCUT2D eigenvalue weighted by molar-refractivity contribution is 5.76. The van der Waals surface area contributed by atoms with E-state index in [-0.39, 0.29) is 28.9 Å². The van der Waals surface area contributed by atoms with E-state index in [9.17, 15) is 4.79 Å². The molecular formula is C20H31NO3. The van der Waals surface area contributed by atoms with Crippen LogP contribution in [0.15, 0.2) is 18.2 Å². The molecule has 1 aliphatic rings. The van der Waals surface area contributed by atoms with E-state index in [1.807, 2.05) is 0 Å². The fourth-order valence-corrected chi connectivity index (χ4v) is 2.98. The number of carbonyl (C=O) groups excluding carboxylic acids is 1. The van der Waals surface area contributed by atoms with E-state index in [1.54, 1.807) is 0 Å². The van der Waals surface area contributed by atoms with Crippen molar-refractivity contribution in [3.63, 3.8) is 0 Å². The quantitative estimate of drug-likeness (QED) is 0.859. The van der Waals surface area contributed by atoms with Crippen LogP contribution < -0.4 is 10.1 Å². The van der Waals surface area contributed by atoms with Gasteiger partial charge in [0, 0.05) is 13.0 Å². The number of ether oxygens (including phenoxy) is 2. The van der Waals surface area contributed by atoms with E-state index in [0.717, 1.165) is 5.75 Å². The molecule has 0 radical (unpaired) electrons. The van der Waals surface area contributed by atoms with Gasteiger partial charge in [-0.05, 0) is 28.0 Å². The predicted molar refractivity (Wildman–Crippen MR) is 96.7 cm³/mol. The summed E-state index contributed by atoms with van der Waals surface area (Å²) in [6.07, 6.45) is 0.618. The molecule has 0 aliphatic carbocycles. The minimum absolute atomic E-state index is 0.00955. The van der Waals surface area contributed by atoms with Gasteiger partial charge in [0.25, 0.3) is 0 Å². The molecule has 2 unspecified atom stereocenters. The normalized spacial score (nSPS) is 21.6. The maximum absolute atomic E-state index is 11.7. The van der Waals surface area contributed by atoms with Gasteiger partial charge in [-0.3, -0.25) is 4.79 Å². The molecule has 0 spiro atoms. The monoisotopic (exact) mass is 333 g/mol. The van der Waals surface area contributed by atoms with Crippen molar-refractivity contribution in [2.45, 2.75) is 70.9 Å². The van der Waals surface area contributed by atoms with Crippen molar-refractivity contribution >= 4 is 5.97 Å². The Hall–Kier alpha value is -1.55. The van der Waals surface area contributed by atoms with Crippen LogP contribution in [0.25, 0.3) is 0 Å². The third-order valence-electron chi connectivity index (χ3n) is 4.52. The number of hydrogen-bond acceptors (Lipinski definition) is 4. The van der Waals surface area contributed by atoms with Gasteiger partial charge in [0.15, 0.2) is 0 Å². The molecule has 2 rings (SSSR count).